The zero-order valence-electron chi connectivity index (χ0n) is 16.3. The van der Waals surface area contributed by atoms with Crippen LogP contribution in [0.4, 0.5) is 0 Å². The second-order valence-electron chi connectivity index (χ2n) is 7.36. The normalized spacial score (nSPS) is 20.9. The number of nitrogens with zero attached hydrogens (tertiary/aromatic N) is 1. The molecule has 2 heterocycles. The lowest BCUT2D eigenvalue weighted by atomic mass is 9.97. The van der Waals surface area contributed by atoms with E-state index in [1.54, 1.807) is 14.0 Å². The Labute approximate surface area is 165 Å². The van der Waals surface area contributed by atoms with Crippen LogP contribution in [0.25, 0.3) is 0 Å². The minimum Gasteiger partial charge on any atom is -0.493 e. The van der Waals surface area contributed by atoms with Gasteiger partial charge in [0.2, 0.25) is 18.4 Å². The monoisotopic (exact) mass is 382 g/mol. The molecule has 2 aliphatic heterocycles. The molecule has 2 atom stereocenters. The number of nitrogens with one attached hydrogen (secondary N) is 1. The molecular weight excluding hydrogens is 356 g/mol. The number of rotatable bonds is 5. The lowest BCUT2D eigenvalue weighted by Crippen LogP contribution is -2.59. The summed E-state index contributed by atoms with van der Waals surface area (Å²) in [5.41, 5.74) is 2.35. The first-order valence-electron chi connectivity index (χ1n) is 9.65. The van der Waals surface area contributed by atoms with Crippen LogP contribution in [-0.2, 0) is 17.6 Å². The number of ether oxygens (including phenoxy) is 3. The average molecular weight is 382 g/mol. The minimum atomic E-state index is 0.121. The number of carbonyl (C=O) groups is 1. The van der Waals surface area contributed by atoms with Crippen molar-refractivity contribution in [2.75, 3.05) is 27.0 Å². The van der Waals surface area contributed by atoms with Crippen molar-refractivity contribution < 1.29 is 19.0 Å². The molecule has 0 saturated carbocycles. The first kappa shape index (κ1) is 18.6. The van der Waals surface area contributed by atoms with Crippen molar-refractivity contribution in [3.63, 3.8) is 0 Å². The van der Waals surface area contributed by atoms with Crippen molar-refractivity contribution in [3.8, 4) is 17.2 Å². The second kappa shape index (κ2) is 8.10. The summed E-state index contributed by atoms with van der Waals surface area (Å²) in [6, 6.07) is 14.7. The van der Waals surface area contributed by atoms with Crippen LogP contribution in [0.15, 0.2) is 42.5 Å². The molecule has 2 aliphatic rings. The summed E-state index contributed by atoms with van der Waals surface area (Å²) < 4.78 is 16.4. The number of fused-ring (bicyclic) bond motifs is 1. The highest BCUT2D eigenvalue weighted by Gasteiger charge is 2.30. The Kier molecular flexibility index (Phi) is 5.39. The molecular formula is C22H26N2O4. The molecule has 2 aromatic rings. The number of amides is 1. The van der Waals surface area contributed by atoms with Crippen molar-refractivity contribution in [1.29, 1.82) is 0 Å². The van der Waals surface area contributed by atoms with Crippen molar-refractivity contribution in [3.05, 3.63) is 53.6 Å². The van der Waals surface area contributed by atoms with Crippen LogP contribution in [0, 0.1) is 0 Å². The first-order valence-corrected chi connectivity index (χ1v) is 9.65. The SMILES string of the molecule is COc1cc(C[C@H]2CN(C(C)=O)[C@@H](Cc3ccccc3)CN2)cc2c1OCO2. The van der Waals surface area contributed by atoms with E-state index < -0.39 is 0 Å². The Hall–Kier alpha value is -2.73. The molecule has 1 saturated heterocycles. The highest BCUT2D eigenvalue weighted by Crippen LogP contribution is 2.42. The third kappa shape index (κ3) is 3.92. The molecule has 0 unspecified atom stereocenters. The number of hydrogen-bond donors (Lipinski definition) is 1. The molecule has 0 aliphatic carbocycles. The standard InChI is InChI=1S/C22H26N2O4/c1-15(25)24-13-18(23-12-19(24)9-16-6-4-3-5-7-16)8-17-10-20(26-2)22-21(11-17)27-14-28-22/h3-7,10-11,18-19,23H,8-9,12-14H2,1-2H3/t18-,19-/m0/s1. The lowest BCUT2D eigenvalue weighted by molar-refractivity contribution is -0.132. The first-order chi connectivity index (χ1) is 13.6. The van der Waals surface area contributed by atoms with Gasteiger partial charge < -0.3 is 24.4 Å². The number of benzene rings is 2. The van der Waals surface area contributed by atoms with E-state index in [9.17, 15) is 4.79 Å². The number of methoxy groups -OCH3 is 1. The van der Waals surface area contributed by atoms with Gasteiger partial charge in [-0.15, -0.1) is 0 Å². The fourth-order valence-electron chi connectivity index (χ4n) is 4.04. The van der Waals surface area contributed by atoms with Crippen LogP contribution in [0.5, 0.6) is 17.2 Å². The van der Waals surface area contributed by atoms with E-state index in [4.69, 9.17) is 14.2 Å². The summed E-state index contributed by atoms with van der Waals surface area (Å²) >= 11 is 0. The van der Waals surface area contributed by atoms with Crippen LogP contribution < -0.4 is 19.5 Å². The number of hydrogen-bond acceptors (Lipinski definition) is 5. The van der Waals surface area contributed by atoms with Gasteiger partial charge in [-0.05, 0) is 36.1 Å². The summed E-state index contributed by atoms with van der Waals surface area (Å²) in [6.07, 6.45) is 1.65. The van der Waals surface area contributed by atoms with Crippen LogP contribution in [0.1, 0.15) is 18.1 Å². The van der Waals surface area contributed by atoms with Gasteiger partial charge in [-0.3, -0.25) is 4.79 Å². The maximum Gasteiger partial charge on any atom is 0.231 e. The Morgan fingerprint density at radius 2 is 2.00 bits per heavy atom. The van der Waals surface area contributed by atoms with E-state index >= 15 is 0 Å². The minimum absolute atomic E-state index is 0.121. The van der Waals surface area contributed by atoms with E-state index in [2.05, 4.69) is 17.4 Å². The predicted octanol–water partition coefficient (Wildman–Crippen LogP) is 2.40. The molecule has 28 heavy (non-hydrogen) atoms. The predicted molar refractivity (Wildman–Crippen MR) is 106 cm³/mol. The Bertz CT molecular complexity index is 840. The quantitative estimate of drug-likeness (QED) is 0.861. The summed E-state index contributed by atoms with van der Waals surface area (Å²) in [5.74, 6) is 2.19. The largest absolute Gasteiger partial charge is 0.493 e. The molecule has 0 bridgehead atoms. The number of carbonyl (C=O) groups excluding carboxylic acids is 1. The van der Waals surface area contributed by atoms with Gasteiger partial charge in [0.15, 0.2) is 11.5 Å². The average Bonchev–Trinajstić information content (AvgIpc) is 3.18. The third-order valence-corrected chi connectivity index (χ3v) is 5.42. The van der Waals surface area contributed by atoms with Gasteiger partial charge in [0, 0.05) is 32.1 Å². The van der Waals surface area contributed by atoms with E-state index in [-0.39, 0.29) is 24.8 Å². The molecule has 148 valence electrons. The summed E-state index contributed by atoms with van der Waals surface area (Å²) in [7, 11) is 1.63. The Balaban J connectivity index is 1.45. The molecule has 0 radical (unpaired) electrons. The van der Waals surface area contributed by atoms with Crippen LogP contribution >= 0.6 is 0 Å². The fraction of sp³-hybridized carbons (Fsp3) is 0.409. The Morgan fingerprint density at radius 1 is 1.18 bits per heavy atom. The maximum atomic E-state index is 12.3. The zero-order chi connectivity index (χ0) is 19.5. The molecule has 1 fully saturated rings. The van der Waals surface area contributed by atoms with Gasteiger partial charge in [-0.1, -0.05) is 30.3 Å². The number of piperazine rings is 1. The van der Waals surface area contributed by atoms with Crippen molar-refractivity contribution in [1.82, 2.24) is 10.2 Å². The van der Waals surface area contributed by atoms with E-state index in [0.29, 0.717) is 18.0 Å². The Morgan fingerprint density at radius 3 is 2.75 bits per heavy atom. The topological polar surface area (TPSA) is 60.0 Å². The van der Waals surface area contributed by atoms with E-state index in [1.807, 2.05) is 35.2 Å². The summed E-state index contributed by atoms with van der Waals surface area (Å²) in [4.78, 5) is 14.3. The second-order valence-corrected chi connectivity index (χ2v) is 7.36. The van der Waals surface area contributed by atoms with Crippen LogP contribution in [0.2, 0.25) is 0 Å². The van der Waals surface area contributed by atoms with Crippen LogP contribution in [0.3, 0.4) is 0 Å². The zero-order valence-corrected chi connectivity index (χ0v) is 16.3. The van der Waals surface area contributed by atoms with Crippen LogP contribution in [-0.4, -0.2) is 49.9 Å². The third-order valence-electron chi connectivity index (χ3n) is 5.42. The van der Waals surface area contributed by atoms with Gasteiger partial charge in [0.25, 0.3) is 0 Å². The highest BCUT2D eigenvalue weighted by molar-refractivity contribution is 5.74. The van der Waals surface area contributed by atoms with E-state index in [1.165, 1.54) is 5.56 Å². The molecule has 1 amide bonds. The molecule has 6 heteroatoms. The van der Waals surface area contributed by atoms with E-state index in [0.717, 1.165) is 30.7 Å². The highest BCUT2D eigenvalue weighted by atomic mass is 16.7. The fourth-order valence-corrected chi connectivity index (χ4v) is 4.04. The smallest absolute Gasteiger partial charge is 0.231 e. The van der Waals surface area contributed by atoms with Gasteiger partial charge in [-0.2, -0.15) is 0 Å². The molecule has 4 rings (SSSR count). The molecule has 2 aromatic carbocycles. The molecule has 0 aromatic heterocycles. The van der Waals surface area contributed by atoms with Gasteiger partial charge >= 0.3 is 0 Å². The molecule has 1 N–H and O–H groups in total. The van der Waals surface area contributed by atoms with Crippen molar-refractivity contribution in [2.45, 2.75) is 31.8 Å². The lowest BCUT2D eigenvalue weighted by Gasteiger charge is -2.40. The molecule has 0 spiro atoms. The maximum absolute atomic E-state index is 12.3. The molecule has 6 nitrogen and oxygen atoms in total. The van der Waals surface area contributed by atoms with Gasteiger partial charge in [0.1, 0.15) is 0 Å². The summed E-state index contributed by atoms with van der Waals surface area (Å²) in [5, 5.41) is 3.62. The van der Waals surface area contributed by atoms with Crippen molar-refractivity contribution in [2.24, 2.45) is 0 Å². The van der Waals surface area contributed by atoms with Gasteiger partial charge in [-0.25, -0.2) is 0 Å². The summed E-state index contributed by atoms with van der Waals surface area (Å²) in [6.45, 7) is 3.34. The van der Waals surface area contributed by atoms with Crippen molar-refractivity contribution >= 4 is 5.91 Å². The van der Waals surface area contributed by atoms with Gasteiger partial charge in [0.05, 0.1) is 7.11 Å².